The van der Waals surface area contributed by atoms with Crippen molar-refractivity contribution in [2.24, 2.45) is 0 Å². The number of aromatic nitrogens is 1. The highest BCUT2D eigenvalue weighted by molar-refractivity contribution is 5.60. The Morgan fingerprint density at radius 2 is 2.25 bits per heavy atom. The Kier molecular flexibility index (Phi) is 2.87. The molecule has 0 amide bonds. The van der Waals surface area contributed by atoms with Gasteiger partial charge in [0, 0.05) is 24.3 Å². The van der Waals surface area contributed by atoms with E-state index in [1.54, 1.807) is 18.2 Å². The summed E-state index contributed by atoms with van der Waals surface area (Å²) in [6.07, 6.45) is 0. The van der Waals surface area contributed by atoms with Gasteiger partial charge in [0.1, 0.15) is 5.82 Å². The predicted octanol–water partition coefficient (Wildman–Crippen LogP) is 2.21. The third-order valence-corrected chi connectivity index (χ3v) is 2.17. The van der Waals surface area contributed by atoms with E-state index in [0.29, 0.717) is 16.9 Å². The van der Waals surface area contributed by atoms with Crippen molar-refractivity contribution in [3.05, 3.63) is 35.6 Å². The molecule has 2 N–H and O–H groups in total. The molecule has 2 rings (SSSR count). The van der Waals surface area contributed by atoms with Crippen LogP contribution < -0.4 is 5.73 Å². The predicted molar refractivity (Wildman–Crippen MR) is 57.0 cm³/mol. The van der Waals surface area contributed by atoms with Crippen molar-refractivity contribution in [3.8, 4) is 11.3 Å². The van der Waals surface area contributed by atoms with Crippen LogP contribution in [0.2, 0.25) is 0 Å². The highest BCUT2D eigenvalue weighted by Crippen LogP contribution is 2.23. The van der Waals surface area contributed by atoms with Crippen LogP contribution in [0, 0.1) is 5.82 Å². The van der Waals surface area contributed by atoms with Crippen molar-refractivity contribution in [1.82, 2.24) is 5.16 Å². The number of ether oxygens (including phenoxy) is 1. The van der Waals surface area contributed by atoms with E-state index in [-0.39, 0.29) is 18.2 Å². The number of methoxy groups -OCH3 is 1. The summed E-state index contributed by atoms with van der Waals surface area (Å²) in [5.41, 5.74) is 6.51. The van der Waals surface area contributed by atoms with Crippen molar-refractivity contribution in [1.29, 1.82) is 0 Å². The van der Waals surface area contributed by atoms with Gasteiger partial charge in [0.15, 0.2) is 11.6 Å². The molecule has 1 aromatic heterocycles. The van der Waals surface area contributed by atoms with Gasteiger partial charge >= 0.3 is 0 Å². The fourth-order valence-corrected chi connectivity index (χ4v) is 1.40. The van der Waals surface area contributed by atoms with Crippen molar-refractivity contribution in [2.75, 3.05) is 12.8 Å². The third-order valence-electron chi connectivity index (χ3n) is 2.17. The SMILES string of the molecule is COCc1ccc(-c2cc(N)no2)cc1F. The van der Waals surface area contributed by atoms with Crippen LogP contribution in [0.1, 0.15) is 5.56 Å². The van der Waals surface area contributed by atoms with Gasteiger partial charge in [-0.25, -0.2) is 4.39 Å². The van der Waals surface area contributed by atoms with E-state index in [9.17, 15) is 4.39 Å². The van der Waals surface area contributed by atoms with Crippen LogP contribution >= 0.6 is 0 Å². The summed E-state index contributed by atoms with van der Waals surface area (Å²) < 4.78 is 23.4. The summed E-state index contributed by atoms with van der Waals surface area (Å²) >= 11 is 0. The van der Waals surface area contributed by atoms with Crippen LogP contribution in [0.25, 0.3) is 11.3 Å². The highest BCUT2D eigenvalue weighted by Gasteiger charge is 2.08. The third kappa shape index (κ3) is 2.04. The van der Waals surface area contributed by atoms with Gasteiger partial charge < -0.3 is 15.0 Å². The smallest absolute Gasteiger partial charge is 0.169 e. The molecule has 84 valence electrons. The fourth-order valence-electron chi connectivity index (χ4n) is 1.40. The first-order valence-electron chi connectivity index (χ1n) is 4.70. The first-order valence-corrected chi connectivity index (χ1v) is 4.70. The minimum absolute atomic E-state index is 0.241. The normalized spacial score (nSPS) is 10.6. The second kappa shape index (κ2) is 4.32. The minimum atomic E-state index is -0.339. The molecule has 0 bridgehead atoms. The summed E-state index contributed by atoms with van der Waals surface area (Å²) in [6.45, 7) is 0.241. The summed E-state index contributed by atoms with van der Waals surface area (Å²) in [5, 5.41) is 3.54. The first kappa shape index (κ1) is 10.6. The zero-order chi connectivity index (χ0) is 11.5. The van der Waals surface area contributed by atoms with Crippen LogP contribution in [0.5, 0.6) is 0 Å². The van der Waals surface area contributed by atoms with E-state index < -0.39 is 0 Å². The minimum Gasteiger partial charge on any atom is -0.381 e. The van der Waals surface area contributed by atoms with Gasteiger partial charge in [-0.2, -0.15) is 0 Å². The average Bonchev–Trinajstić information content (AvgIpc) is 2.68. The Balaban J connectivity index is 2.34. The number of halogens is 1. The van der Waals surface area contributed by atoms with Gasteiger partial charge in [-0.1, -0.05) is 17.3 Å². The molecule has 0 unspecified atom stereocenters. The molecule has 5 heteroatoms. The molecule has 0 saturated carbocycles. The second-order valence-corrected chi connectivity index (χ2v) is 3.36. The van der Waals surface area contributed by atoms with Gasteiger partial charge in [0.25, 0.3) is 0 Å². The number of hydrogen-bond donors (Lipinski definition) is 1. The second-order valence-electron chi connectivity index (χ2n) is 3.36. The first-order chi connectivity index (χ1) is 7.70. The number of benzene rings is 1. The lowest BCUT2D eigenvalue weighted by Gasteiger charge is -2.02. The Morgan fingerprint density at radius 3 is 2.81 bits per heavy atom. The van der Waals surface area contributed by atoms with Crippen molar-refractivity contribution < 1.29 is 13.7 Å². The van der Waals surface area contributed by atoms with E-state index >= 15 is 0 Å². The van der Waals surface area contributed by atoms with Gasteiger partial charge in [0.05, 0.1) is 6.61 Å². The fraction of sp³-hybridized carbons (Fsp3) is 0.182. The van der Waals surface area contributed by atoms with Gasteiger partial charge in [-0.3, -0.25) is 0 Å². The number of hydrogen-bond acceptors (Lipinski definition) is 4. The highest BCUT2D eigenvalue weighted by atomic mass is 19.1. The Morgan fingerprint density at radius 1 is 1.44 bits per heavy atom. The van der Waals surface area contributed by atoms with Crippen LogP contribution in [0.3, 0.4) is 0 Å². The van der Waals surface area contributed by atoms with E-state index in [2.05, 4.69) is 5.16 Å². The number of nitrogens with zero attached hydrogens (tertiary/aromatic N) is 1. The summed E-state index contributed by atoms with van der Waals surface area (Å²) in [4.78, 5) is 0. The lowest BCUT2D eigenvalue weighted by atomic mass is 10.1. The van der Waals surface area contributed by atoms with Crippen molar-refractivity contribution in [3.63, 3.8) is 0 Å². The maximum Gasteiger partial charge on any atom is 0.169 e. The van der Waals surface area contributed by atoms with Crippen molar-refractivity contribution >= 4 is 5.82 Å². The molecule has 0 fully saturated rings. The largest absolute Gasteiger partial charge is 0.381 e. The maximum absolute atomic E-state index is 13.6. The van der Waals surface area contributed by atoms with Crippen molar-refractivity contribution in [2.45, 2.75) is 6.61 Å². The Labute approximate surface area is 91.8 Å². The molecule has 4 nitrogen and oxygen atoms in total. The summed E-state index contributed by atoms with van der Waals surface area (Å²) in [5.74, 6) is 0.381. The Bertz CT molecular complexity index is 496. The van der Waals surface area contributed by atoms with E-state index in [0.717, 1.165) is 0 Å². The molecule has 2 aromatic rings. The quantitative estimate of drug-likeness (QED) is 0.864. The molecule has 0 radical (unpaired) electrons. The number of anilines is 1. The molecular weight excluding hydrogens is 211 g/mol. The van der Waals surface area contributed by atoms with E-state index in [1.165, 1.54) is 13.2 Å². The molecule has 1 heterocycles. The monoisotopic (exact) mass is 222 g/mol. The zero-order valence-corrected chi connectivity index (χ0v) is 8.74. The summed E-state index contributed by atoms with van der Waals surface area (Å²) in [6, 6.07) is 6.29. The molecule has 0 saturated heterocycles. The van der Waals surface area contributed by atoms with Gasteiger partial charge in [-0.15, -0.1) is 0 Å². The molecule has 1 aromatic carbocycles. The maximum atomic E-state index is 13.6. The summed E-state index contributed by atoms with van der Waals surface area (Å²) in [7, 11) is 1.52. The topological polar surface area (TPSA) is 61.3 Å². The number of nitrogen functional groups attached to an aromatic ring is 1. The zero-order valence-electron chi connectivity index (χ0n) is 8.74. The lowest BCUT2D eigenvalue weighted by Crippen LogP contribution is -1.92. The Hall–Kier alpha value is -1.88. The van der Waals surface area contributed by atoms with E-state index in [1.807, 2.05) is 0 Å². The number of rotatable bonds is 3. The van der Waals surface area contributed by atoms with Crippen LogP contribution in [-0.4, -0.2) is 12.3 Å². The van der Waals surface area contributed by atoms with Crippen LogP contribution in [0.15, 0.2) is 28.8 Å². The van der Waals surface area contributed by atoms with Gasteiger partial charge in [0.2, 0.25) is 0 Å². The molecule has 0 atom stereocenters. The molecule has 0 aliphatic heterocycles. The average molecular weight is 222 g/mol. The molecule has 0 spiro atoms. The van der Waals surface area contributed by atoms with Crippen LogP contribution in [-0.2, 0) is 11.3 Å². The molecule has 16 heavy (non-hydrogen) atoms. The molecular formula is C11H11FN2O2. The van der Waals surface area contributed by atoms with E-state index in [4.69, 9.17) is 15.0 Å². The lowest BCUT2D eigenvalue weighted by molar-refractivity contribution is 0.181. The molecule has 0 aliphatic carbocycles. The molecule has 0 aliphatic rings. The van der Waals surface area contributed by atoms with Gasteiger partial charge in [-0.05, 0) is 6.07 Å². The standard InChI is InChI=1S/C11H11FN2O2/c1-15-6-8-3-2-7(4-9(8)12)10-5-11(13)14-16-10/h2-5H,6H2,1H3,(H2,13,14). The van der Waals surface area contributed by atoms with Crippen LogP contribution in [0.4, 0.5) is 10.2 Å². The number of nitrogens with two attached hydrogens (primary N) is 1.